The molecule has 3 amide bonds. The fourth-order valence-electron chi connectivity index (χ4n) is 1.49. The first kappa shape index (κ1) is 17.2. The molecule has 0 rings (SSSR count). The zero-order chi connectivity index (χ0) is 15.0. The molecule has 0 radical (unpaired) electrons. The lowest BCUT2D eigenvalue weighted by Gasteiger charge is -2.31. The number of hydrogen-bond acceptors (Lipinski definition) is 3. The molecule has 0 saturated carbocycles. The van der Waals surface area contributed by atoms with Gasteiger partial charge in [-0.15, -0.1) is 0 Å². The molecule has 0 spiro atoms. The van der Waals surface area contributed by atoms with E-state index in [0.717, 1.165) is 0 Å². The smallest absolute Gasteiger partial charge is 0.323 e. The van der Waals surface area contributed by atoms with Gasteiger partial charge in [-0.3, -0.25) is 9.59 Å². The molecule has 7 heteroatoms. The molecular weight excluding hydrogens is 250 g/mol. The Morgan fingerprint density at radius 2 is 1.89 bits per heavy atom. The van der Waals surface area contributed by atoms with E-state index in [1.165, 1.54) is 16.8 Å². The van der Waals surface area contributed by atoms with Crippen molar-refractivity contribution in [2.24, 2.45) is 0 Å². The summed E-state index contributed by atoms with van der Waals surface area (Å²) >= 11 is 0. The number of hydrogen-bond donors (Lipinski definition) is 2. The van der Waals surface area contributed by atoms with Gasteiger partial charge in [-0.25, -0.2) is 4.79 Å². The van der Waals surface area contributed by atoms with E-state index in [4.69, 9.17) is 5.11 Å². The highest BCUT2D eigenvalue weighted by Crippen LogP contribution is 2.07. The predicted molar refractivity (Wildman–Crippen MR) is 70.8 cm³/mol. The molecule has 0 aromatic rings. The van der Waals surface area contributed by atoms with Gasteiger partial charge in [0.15, 0.2) is 0 Å². The van der Waals surface area contributed by atoms with Crippen LogP contribution in [0.15, 0.2) is 0 Å². The Morgan fingerprint density at radius 3 is 2.32 bits per heavy atom. The van der Waals surface area contributed by atoms with Gasteiger partial charge in [0.05, 0.1) is 0 Å². The van der Waals surface area contributed by atoms with Crippen LogP contribution in [0.1, 0.15) is 26.7 Å². The summed E-state index contributed by atoms with van der Waals surface area (Å²) < 4.78 is 0. The van der Waals surface area contributed by atoms with Gasteiger partial charge < -0.3 is 20.2 Å². The van der Waals surface area contributed by atoms with E-state index in [1.807, 2.05) is 6.92 Å². The van der Waals surface area contributed by atoms with Crippen LogP contribution in [0.4, 0.5) is 4.79 Å². The van der Waals surface area contributed by atoms with Crippen molar-refractivity contribution < 1.29 is 19.5 Å². The standard InChI is InChI=1S/C12H23N3O4/c1-5-9(2)15(8-11(17)18)12(19)14(4)7-6-10(16)13-3/h9H,5-8H2,1-4H3,(H,13,16)(H,17,18). The molecule has 0 aromatic heterocycles. The third kappa shape index (κ3) is 6.08. The maximum absolute atomic E-state index is 12.1. The van der Waals surface area contributed by atoms with E-state index in [-0.39, 0.29) is 37.5 Å². The summed E-state index contributed by atoms with van der Waals surface area (Å²) in [7, 11) is 3.09. The summed E-state index contributed by atoms with van der Waals surface area (Å²) in [6.07, 6.45) is 0.864. The van der Waals surface area contributed by atoms with Gasteiger partial charge in [-0.2, -0.15) is 0 Å². The number of carboxylic acid groups (broad SMARTS) is 1. The van der Waals surface area contributed by atoms with Gasteiger partial charge in [0.25, 0.3) is 0 Å². The van der Waals surface area contributed by atoms with Crippen LogP contribution in [-0.4, -0.2) is 66.0 Å². The van der Waals surface area contributed by atoms with E-state index in [9.17, 15) is 14.4 Å². The zero-order valence-electron chi connectivity index (χ0n) is 12.0. The molecule has 0 bridgehead atoms. The molecule has 1 unspecified atom stereocenters. The van der Waals surface area contributed by atoms with Crippen molar-refractivity contribution in [1.82, 2.24) is 15.1 Å². The average molecular weight is 273 g/mol. The second-order valence-electron chi connectivity index (χ2n) is 4.41. The van der Waals surface area contributed by atoms with Crippen molar-refractivity contribution >= 4 is 17.9 Å². The molecular formula is C12H23N3O4. The predicted octanol–water partition coefficient (Wildman–Crippen LogP) is 0.359. The fourth-order valence-corrected chi connectivity index (χ4v) is 1.49. The number of urea groups is 1. The monoisotopic (exact) mass is 273 g/mol. The summed E-state index contributed by atoms with van der Waals surface area (Å²) in [4.78, 5) is 36.7. The van der Waals surface area contributed by atoms with Gasteiger partial charge >= 0.3 is 12.0 Å². The lowest BCUT2D eigenvalue weighted by molar-refractivity contribution is -0.138. The van der Waals surface area contributed by atoms with Gasteiger partial charge in [0, 0.05) is 33.1 Å². The van der Waals surface area contributed by atoms with E-state index < -0.39 is 5.97 Å². The van der Waals surface area contributed by atoms with Gasteiger partial charge in [-0.1, -0.05) is 6.92 Å². The number of nitrogens with zero attached hydrogens (tertiary/aromatic N) is 2. The first-order chi connectivity index (χ1) is 8.83. The number of aliphatic carboxylic acids is 1. The van der Waals surface area contributed by atoms with Crippen LogP contribution in [0.25, 0.3) is 0 Å². The van der Waals surface area contributed by atoms with Crippen LogP contribution >= 0.6 is 0 Å². The zero-order valence-corrected chi connectivity index (χ0v) is 12.0. The van der Waals surface area contributed by atoms with E-state index in [2.05, 4.69) is 5.32 Å². The number of carboxylic acids is 1. The van der Waals surface area contributed by atoms with Crippen molar-refractivity contribution in [1.29, 1.82) is 0 Å². The molecule has 2 N–H and O–H groups in total. The molecule has 1 atom stereocenters. The minimum atomic E-state index is -1.05. The highest BCUT2D eigenvalue weighted by Gasteiger charge is 2.24. The van der Waals surface area contributed by atoms with Crippen molar-refractivity contribution in [3.8, 4) is 0 Å². The van der Waals surface area contributed by atoms with Crippen LogP contribution in [0, 0.1) is 0 Å². The van der Waals surface area contributed by atoms with E-state index in [0.29, 0.717) is 6.42 Å². The number of carbonyl (C=O) groups is 3. The van der Waals surface area contributed by atoms with Gasteiger partial charge in [0.2, 0.25) is 5.91 Å². The van der Waals surface area contributed by atoms with Crippen molar-refractivity contribution in [3.63, 3.8) is 0 Å². The number of amides is 3. The molecule has 0 heterocycles. The number of nitrogens with one attached hydrogen (secondary N) is 1. The Balaban J connectivity index is 4.60. The van der Waals surface area contributed by atoms with Crippen molar-refractivity contribution in [2.45, 2.75) is 32.7 Å². The third-order valence-corrected chi connectivity index (χ3v) is 2.95. The van der Waals surface area contributed by atoms with Crippen LogP contribution in [-0.2, 0) is 9.59 Å². The molecule has 110 valence electrons. The molecule has 0 fully saturated rings. The quantitative estimate of drug-likeness (QED) is 0.700. The Bertz CT molecular complexity index is 333. The summed E-state index contributed by atoms with van der Waals surface area (Å²) in [5, 5.41) is 11.3. The lowest BCUT2D eigenvalue weighted by Crippen LogP contribution is -2.48. The Hall–Kier alpha value is -1.79. The molecule has 0 saturated heterocycles. The minimum absolute atomic E-state index is 0.159. The second-order valence-corrected chi connectivity index (χ2v) is 4.41. The third-order valence-electron chi connectivity index (χ3n) is 2.95. The van der Waals surface area contributed by atoms with Crippen LogP contribution in [0.2, 0.25) is 0 Å². The first-order valence-corrected chi connectivity index (χ1v) is 6.27. The summed E-state index contributed by atoms with van der Waals surface area (Å²) in [6, 6.07) is -0.535. The molecule has 19 heavy (non-hydrogen) atoms. The maximum Gasteiger partial charge on any atom is 0.323 e. The second kappa shape index (κ2) is 8.34. The maximum atomic E-state index is 12.1. The minimum Gasteiger partial charge on any atom is -0.480 e. The highest BCUT2D eigenvalue weighted by atomic mass is 16.4. The molecule has 7 nitrogen and oxygen atoms in total. The Labute approximate surface area is 113 Å². The molecule has 0 aromatic carbocycles. The number of carbonyl (C=O) groups excluding carboxylic acids is 2. The largest absolute Gasteiger partial charge is 0.480 e. The molecule has 0 aliphatic heterocycles. The van der Waals surface area contributed by atoms with Crippen LogP contribution in [0.3, 0.4) is 0 Å². The molecule has 0 aliphatic rings. The molecule has 0 aliphatic carbocycles. The highest BCUT2D eigenvalue weighted by molar-refractivity contribution is 5.81. The average Bonchev–Trinajstić information content (AvgIpc) is 2.39. The van der Waals surface area contributed by atoms with Crippen molar-refractivity contribution in [2.75, 3.05) is 27.2 Å². The van der Waals surface area contributed by atoms with Crippen LogP contribution in [0.5, 0.6) is 0 Å². The summed E-state index contributed by atoms with van der Waals surface area (Å²) in [5.41, 5.74) is 0. The lowest BCUT2D eigenvalue weighted by atomic mass is 10.2. The van der Waals surface area contributed by atoms with E-state index in [1.54, 1.807) is 14.0 Å². The van der Waals surface area contributed by atoms with Crippen LogP contribution < -0.4 is 5.32 Å². The van der Waals surface area contributed by atoms with Gasteiger partial charge in [-0.05, 0) is 13.3 Å². The fraction of sp³-hybridized carbons (Fsp3) is 0.750. The van der Waals surface area contributed by atoms with E-state index >= 15 is 0 Å². The SMILES string of the molecule is CCC(C)N(CC(=O)O)C(=O)N(C)CCC(=O)NC. The van der Waals surface area contributed by atoms with Crippen molar-refractivity contribution in [3.05, 3.63) is 0 Å². The van der Waals surface area contributed by atoms with Gasteiger partial charge in [0.1, 0.15) is 6.54 Å². The first-order valence-electron chi connectivity index (χ1n) is 6.27. The summed E-state index contributed by atoms with van der Waals surface area (Å²) in [5.74, 6) is -1.21. The Morgan fingerprint density at radius 1 is 1.32 bits per heavy atom. The normalized spacial score (nSPS) is 11.6. The Kier molecular flexibility index (Phi) is 7.55. The topological polar surface area (TPSA) is 90.0 Å². The summed E-state index contributed by atoms with van der Waals surface area (Å²) in [6.45, 7) is 3.61. The number of rotatable bonds is 7.